The summed E-state index contributed by atoms with van der Waals surface area (Å²) in [5.74, 6) is -0.556. The maximum absolute atomic E-state index is 14.9. The van der Waals surface area contributed by atoms with Gasteiger partial charge in [-0.2, -0.15) is 5.26 Å². The van der Waals surface area contributed by atoms with Crippen molar-refractivity contribution in [2.24, 2.45) is 50.2 Å². The summed E-state index contributed by atoms with van der Waals surface area (Å²) in [7, 11) is -0.415. The summed E-state index contributed by atoms with van der Waals surface area (Å²) >= 11 is 0. The van der Waals surface area contributed by atoms with E-state index in [1.807, 2.05) is 102 Å². The van der Waals surface area contributed by atoms with Crippen LogP contribution in [0.25, 0.3) is 0 Å². The summed E-state index contributed by atoms with van der Waals surface area (Å²) in [4.78, 5) is 55.6. The highest BCUT2D eigenvalue weighted by atomic mass is 16.7. The van der Waals surface area contributed by atoms with Gasteiger partial charge >= 0.3 is 19.1 Å². The molecule has 0 amide bonds. The predicted molar refractivity (Wildman–Crippen MR) is 252 cm³/mol. The number of hydrogen-bond donors (Lipinski definition) is 0. The summed E-state index contributed by atoms with van der Waals surface area (Å²) in [6.07, 6.45) is 9.47. The number of nitrogens with zero attached hydrogens (tertiary/aromatic N) is 1. The summed E-state index contributed by atoms with van der Waals surface area (Å²) in [6, 6.07) is 17.6. The largest absolute Gasteiger partial charge is 0.494 e. The molecule has 5 aliphatic carbocycles. The SMILES string of the molecule is CC1(C)CC[C@]2(C(=O)OCCCOC(=O)Cc3ccc(OCc4ccc(B5OC(C)(C)C(C)(C)O5)cc4)cc3)CC[C@]3(C)[C@H](C(=O)C=C4[C@@]5(C)C=C(C#N)C(=O)C(C)(C)[C@@H]5CC[C@]43C)[C@@H]2C1. The second kappa shape index (κ2) is 16.6. The minimum Gasteiger partial charge on any atom is -0.489 e. The second-order valence-electron chi connectivity index (χ2n) is 23.6. The Morgan fingerprint density at radius 1 is 0.788 bits per heavy atom. The van der Waals surface area contributed by atoms with Crippen molar-refractivity contribution in [2.45, 2.75) is 152 Å². The molecule has 0 bridgehead atoms. The molecule has 0 N–H and O–H groups in total. The number of carbonyl (C=O) groups excluding carboxylic acids is 4. The molecule has 2 aromatic carbocycles. The van der Waals surface area contributed by atoms with E-state index in [0.29, 0.717) is 38.0 Å². The van der Waals surface area contributed by atoms with Crippen molar-refractivity contribution < 1.29 is 42.7 Å². The smallest absolute Gasteiger partial charge is 0.489 e. The zero-order chi connectivity index (χ0) is 47.9. The summed E-state index contributed by atoms with van der Waals surface area (Å²) in [5.41, 5.74) is 0.225. The molecule has 7 atom stereocenters. The first-order chi connectivity index (χ1) is 30.8. The van der Waals surface area contributed by atoms with Gasteiger partial charge in [0.15, 0.2) is 11.6 Å². The Labute approximate surface area is 392 Å². The molecular formula is C55H70BNO9. The van der Waals surface area contributed by atoms with Crippen LogP contribution in [-0.4, -0.2) is 55.0 Å². The third kappa shape index (κ3) is 7.90. The molecule has 6 aliphatic rings. The first-order valence-electron chi connectivity index (χ1n) is 24.3. The topological polar surface area (TPSA) is 138 Å². The Kier molecular flexibility index (Phi) is 12.1. The van der Waals surface area contributed by atoms with Crippen LogP contribution in [0.15, 0.2) is 71.8 Å². The Hall–Kier alpha value is -4.53. The third-order valence-corrected chi connectivity index (χ3v) is 18.2. The quantitative estimate of drug-likeness (QED) is 0.122. The number of benzene rings is 2. The van der Waals surface area contributed by atoms with Crippen LogP contribution in [0.1, 0.15) is 139 Å². The molecule has 4 fully saturated rings. The van der Waals surface area contributed by atoms with Crippen LogP contribution >= 0.6 is 0 Å². The molecule has 8 rings (SSSR count). The van der Waals surface area contributed by atoms with Crippen molar-refractivity contribution in [3.63, 3.8) is 0 Å². The van der Waals surface area contributed by atoms with Crippen LogP contribution in [0.4, 0.5) is 0 Å². The van der Waals surface area contributed by atoms with Gasteiger partial charge < -0.3 is 23.5 Å². The standard InChI is InChI=1S/C55H70BNO9/c1-48(2)23-25-55(26-24-54(11)45(40(55)32-48)41(58)30-43-52(9)31-37(33-57)46(60)49(3,4)42(52)21-22-53(43,54)10)47(61)63-28-12-27-62-44(59)29-35-15-19-39(20-16-35)64-34-36-13-17-38(18-14-36)56-65-50(5,6)51(7,8)66-56/h13-20,30-31,40,42,45H,12,21-29,32,34H2,1-11H3/t40-,42-,45-,52-,53+,54+,55-/m0/s1. The maximum atomic E-state index is 14.9. The van der Waals surface area contributed by atoms with Crippen LogP contribution in [0.2, 0.25) is 0 Å². The molecule has 352 valence electrons. The maximum Gasteiger partial charge on any atom is 0.494 e. The van der Waals surface area contributed by atoms with Gasteiger partial charge in [-0.25, -0.2) is 0 Å². The lowest BCUT2D eigenvalue weighted by Crippen LogP contribution is -2.66. The fraction of sp³-hybridized carbons (Fsp3) is 0.618. The van der Waals surface area contributed by atoms with Crippen molar-refractivity contribution in [2.75, 3.05) is 13.2 Å². The number of rotatable bonds is 11. The van der Waals surface area contributed by atoms with Gasteiger partial charge in [0.25, 0.3) is 0 Å². The number of esters is 2. The van der Waals surface area contributed by atoms with E-state index in [1.165, 1.54) is 0 Å². The minimum absolute atomic E-state index is 0.0315. The van der Waals surface area contributed by atoms with Gasteiger partial charge in [0, 0.05) is 23.2 Å². The van der Waals surface area contributed by atoms with Crippen LogP contribution in [0.3, 0.4) is 0 Å². The van der Waals surface area contributed by atoms with E-state index >= 15 is 0 Å². The molecule has 0 unspecified atom stereocenters. The molecule has 11 heteroatoms. The highest BCUT2D eigenvalue weighted by Gasteiger charge is 2.71. The van der Waals surface area contributed by atoms with Crippen LogP contribution in [0, 0.1) is 61.6 Å². The number of nitriles is 1. The van der Waals surface area contributed by atoms with Crippen molar-refractivity contribution in [3.05, 3.63) is 83.0 Å². The van der Waals surface area contributed by atoms with Crippen LogP contribution < -0.4 is 10.2 Å². The van der Waals surface area contributed by atoms with E-state index in [1.54, 1.807) is 0 Å². The van der Waals surface area contributed by atoms with Crippen molar-refractivity contribution in [1.29, 1.82) is 5.26 Å². The monoisotopic (exact) mass is 900 g/mol. The van der Waals surface area contributed by atoms with Crippen molar-refractivity contribution in [1.82, 2.24) is 0 Å². The van der Waals surface area contributed by atoms with Crippen molar-refractivity contribution in [3.8, 4) is 11.8 Å². The van der Waals surface area contributed by atoms with Gasteiger partial charge in [0.05, 0.1) is 41.8 Å². The lowest BCUT2D eigenvalue weighted by molar-refractivity contribution is -0.193. The van der Waals surface area contributed by atoms with Crippen molar-refractivity contribution >= 4 is 36.1 Å². The zero-order valence-corrected chi connectivity index (χ0v) is 41.2. The van der Waals surface area contributed by atoms with E-state index in [4.69, 9.17) is 23.5 Å². The Balaban J connectivity index is 0.852. The first-order valence-corrected chi connectivity index (χ1v) is 24.3. The average Bonchev–Trinajstić information content (AvgIpc) is 3.47. The minimum atomic E-state index is -0.780. The molecule has 2 aromatic rings. The fourth-order valence-corrected chi connectivity index (χ4v) is 13.4. The molecule has 1 saturated heterocycles. The van der Waals surface area contributed by atoms with E-state index in [0.717, 1.165) is 47.8 Å². The molecule has 0 spiro atoms. The van der Waals surface area contributed by atoms with Gasteiger partial charge in [0.2, 0.25) is 0 Å². The fourth-order valence-electron chi connectivity index (χ4n) is 13.4. The molecule has 1 aliphatic heterocycles. The summed E-state index contributed by atoms with van der Waals surface area (Å²) in [6.45, 7) is 23.9. The number of allylic oxidation sites excluding steroid dienone is 4. The second-order valence-corrected chi connectivity index (χ2v) is 23.6. The van der Waals surface area contributed by atoms with E-state index in [9.17, 15) is 24.4 Å². The molecule has 0 radical (unpaired) electrons. The molecule has 10 nitrogen and oxygen atoms in total. The number of fused-ring (bicyclic) bond motifs is 7. The molecule has 1 heterocycles. The van der Waals surface area contributed by atoms with Gasteiger partial charge in [0.1, 0.15) is 18.4 Å². The number of ether oxygens (including phenoxy) is 3. The van der Waals surface area contributed by atoms with Crippen LogP contribution in [0.5, 0.6) is 5.75 Å². The number of Topliss-reactive ketones (excluding diaryl/α,β-unsaturated/α-hetero) is 1. The summed E-state index contributed by atoms with van der Waals surface area (Å²) in [5, 5.41) is 10.1. The number of hydrogen-bond acceptors (Lipinski definition) is 10. The van der Waals surface area contributed by atoms with Gasteiger partial charge in [-0.1, -0.05) is 96.5 Å². The highest BCUT2D eigenvalue weighted by molar-refractivity contribution is 6.62. The summed E-state index contributed by atoms with van der Waals surface area (Å²) < 4.78 is 30.0. The third-order valence-electron chi connectivity index (χ3n) is 18.2. The van der Waals surface area contributed by atoms with E-state index < -0.39 is 40.0 Å². The van der Waals surface area contributed by atoms with Crippen LogP contribution in [-0.2, 0) is 51.0 Å². The lowest BCUT2D eigenvalue weighted by Gasteiger charge is -2.68. The Bertz CT molecular complexity index is 2370. The van der Waals surface area contributed by atoms with Gasteiger partial charge in [-0.3, -0.25) is 19.2 Å². The average molecular weight is 900 g/mol. The van der Waals surface area contributed by atoms with E-state index in [-0.39, 0.29) is 77.3 Å². The lowest BCUT2D eigenvalue weighted by atomic mass is 9.34. The molecule has 0 aromatic heterocycles. The molecular weight excluding hydrogens is 829 g/mol. The Morgan fingerprint density at radius 2 is 1.41 bits per heavy atom. The first kappa shape index (κ1) is 47.9. The number of carbonyl (C=O) groups is 4. The normalized spacial score (nSPS) is 33.4. The molecule has 66 heavy (non-hydrogen) atoms. The number of ketones is 2. The van der Waals surface area contributed by atoms with E-state index in [2.05, 4.69) is 40.7 Å². The van der Waals surface area contributed by atoms with Gasteiger partial charge in [-0.15, -0.1) is 0 Å². The Morgan fingerprint density at radius 3 is 2.06 bits per heavy atom. The highest BCUT2D eigenvalue weighted by Crippen LogP contribution is 2.74. The van der Waals surface area contributed by atoms with Gasteiger partial charge in [-0.05, 0) is 136 Å². The molecule has 3 saturated carbocycles. The zero-order valence-electron chi connectivity index (χ0n) is 41.2. The predicted octanol–water partition coefficient (Wildman–Crippen LogP) is 9.80.